The minimum Gasteiger partial charge on any atom is -0.342 e. The predicted octanol–water partition coefficient (Wildman–Crippen LogP) is 3.39. The topological polar surface area (TPSA) is 116 Å². The number of amides is 1. The van der Waals surface area contributed by atoms with Crippen molar-refractivity contribution in [3.8, 4) is 6.07 Å². The van der Waals surface area contributed by atoms with Crippen molar-refractivity contribution in [2.24, 2.45) is 5.14 Å². The van der Waals surface area contributed by atoms with E-state index < -0.39 is 15.9 Å². The summed E-state index contributed by atoms with van der Waals surface area (Å²) in [5, 5.41) is 17.3. The van der Waals surface area contributed by atoms with Crippen LogP contribution in [-0.2, 0) is 21.4 Å². The Labute approximate surface area is 181 Å². The lowest BCUT2D eigenvalue weighted by Gasteiger charge is -2.21. The van der Waals surface area contributed by atoms with Gasteiger partial charge in [0, 0.05) is 24.1 Å². The van der Waals surface area contributed by atoms with E-state index in [4.69, 9.17) is 5.14 Å². The van der Waals surface area contributed by atoms with Gasteiger partial charge in [-0.2, -0.15) is 5.26 Å². The number of hydrogen-bond acceptors (Lipinski definition) is 5. The normalized spacial score (nSPS) is 11.4. The van der Waals surface area contributed by atoms with Crippen LogP contribution in [0.25, 0.3) is 0 Å². The van der Waals surface area contributed by atoms with Gasteiger partial charge in [0.2, 0.25) is 10.0 Å². The van der Waals surface area contributed by atoms with Gasteiger partial charge in [-0.3, -0.25) is 4.79 Å². The molecular formula is C23H20N4O3S. The zero-order valence-corrected chi connectivity index (χ0v) is 17.3. The Bertz CT molecular complexity index is 1220. The Morgan fingerprint density at radius 1 is 0.968 bits per heavy atom. The van der Waals surface area contributed by atoms with Crippen molar-refractivity contribution in [1.82, 2.24) is 0 Å². The summed E-state index contributed by atoms with van der Waals surface area (Å²) in [5.74, 6) is -0.611. The van der Waals surface area contributed by atoms with Crippen LogP contribution in [0.2, 0.25) is 0 Å². The Morgan fingerprint density at radius 2 is 1.55 bits per heavy atom. The summed E-state index contributed by atoms with van der Waals surface area (Å²) in [6.07, 6.45) is 1.50. The summed E-state index contributed by atoms with van der Waals surface area (Å²) >= 11 is 0. The number of sulfonamides is 1. The van der Waals surface area contributed by atoms with Crippen LogP contribution in [-0.4, -0.2) is 14.3 Å². The number of carbonyl (C=O) groups excluding carboxylic acids is 1. The second-order valence-electron chi connectivity index (χ2n) is 6.63. The highest BCUT2D eigenvalue weighted by molar-refractivity contribution is 7.89. The molecule has 0 saturated carbocycles. The lowest BCUT2D eigenvalue weighted by molar-refractivity contribution is -0.112. The quantitative estimate of drug-likeness (QED) is 0.438. The third kappa shape index (κ3) is 6.02. The van der Waals surface area contributed by atoms with Crippen LogP contribution in [0.3, 0.4) is 0 Å². The van der Waals surface area contributed by atoms with Crippen molar-refractivity contribution < 1.29 is 13.2 Å². The van der Waals surface area contributed by atoms with Gasteiger partial charge in [0.15, 0.2) is 0 Å². The van der Waals surface area contributed by atoms with Gasteiger partial charge < -0.3 is 10.2 Å². The zero-order chi connectivity index (χ0) is 22.3. The second kappa shape index (κ2) is 9.71. The molecule has 8 heteroatoms. The van der Waals surface area contributed by atoms with Crippen LogP contribution in [0.5, 0.6) is 0 Å². The number of benzene rings is 3. The van der Waals surface area contributed by atoms with Crippen molar-refractivity contribution in [3.05, 3.63) is 102 Å². The first kappa shape index (κ1) is 21.8. The molecule has 31 heavy (non-hydrogen) atoms. The number of primary sulfonamides is 1. The maximum absolute atomic E-state index is 12.7. The third-order valence-electron chi connectivity index (χ3n) is 4.37. The van der Waals surface area contributed by atoms with E-state index in [9.17, 15) is 18.5 Å². The maximum Gasteiger partial charge on any atom is 0.267 e. The molecule has 0 fully saturated rings. The lowest BCUT2D eigenvalue weighted by atomic mass is 10.2. The Balaban J connectivity index is 1.85. The van der Waals surface area contributed by atoms with Gasteiger partial charge in [0.1, 0.15) is 11.6 Å². The van der Waals surface area contributed by atoms with E-state index in [0.29, 0.717) is 12.2 Å². The molecular weight excluding hydrogens is 412 g/mol. The van der Waals surface area contributed by atoms with Crippen LogP contribution >= 0.6 is 0 Å². The summed E-state index contributed by atoms with van der Waals surface area (Å²) in [4.78, 5) is 14.4. The molecule has 0 heterocycles. The molecule has 1 amide bonds. The largest absolute Gasteiger partial charge is 0.342 e. The molecule has 7 nitrogen and oxygen atoms in total. The average Bonchev–Trinajstić information content (AvgIpc) is 2.77. The molecule has 0 aliphatic carbocycles. The first-order valence-electron chi connectivity index (χ1n) is 9.28. The second-order valence-corrected chi connectivity index (χ2v) is 8.19. The summed E-state index contributed by atoms with van der Waals surface area (Å²) in [6.45, 7) is 0.465. The van der Waals surface area contributed by atoms with Crippen molar-refractivity contribution >= 4 is 27.3 Å². The SMILES string of the molecule is N#C/C(=C/N(Cc1ccccc1)c1ccccc1)C(=O)Nc1ccc(S(N)(=O)=O)cc1. The Hall–Kier alpha value is -3.93. The number of nitriles is 1. The number of nitrogens with zero attached hydrogens (tertiary/aromatic N) is 2. The predicted molar refractivity (Wildman–Crippen MR) is 119 cm³/mol. The molecule has 0 bridgehead atoms. The first-order valence-corrected chi connectivity index (χ1v) is 10.8. The van der Waals surface area contributed by atoms with Gasteiger partial charge >= 0.3 is 0 Å². The average molecular weight is 433 g/mol. The van der Waals surface area contributed by atoms with E-state index in [0.717, 1.165) is 11.3 Å². The van der Waals surface area contributed by atoms with Crippen LogP contribution in [0.4, 0.5) is 11.4 Å². The number of hydrogen-bond donors (Lipinski definition) is 2. The molecule has 3 rings (SSSR count). The molecule has 0 aromatic heterocycles. The maximum atomic E-state index is 12.7. The fourth-order valence-electron chi connectivity index (χ4n) is 2.83. The highest BCUT2D eigenvalue weighted by Crippen LogP contribution is 2.19. The molecule has 0 radical (unpaired) electrons. The number of carbonyl (C=O) groups is 1. The minimum atomic E-state index is -3.83. The van der Waals surface area contributed by atoms with Crippen molar-refractivity contribution in [1.29, 1.82) is 5.26 Å². The zero-order valence-electron chi connectivity index (χ0n) is 16.5. The van der Waals surface area contributed by atoms with Crippen molar-refractivity contribution in [2.45, 2.75) is 11.4 Å². The van der Waals surface area contributed by atoms with Crippen LogP contribution in [0, 0.1) is 11.3 Å². The summed E-state index contributed by atoms with van der Waals surface area (Å²) in [7, 11) is -3.83. The molecule has 0 unspecified atom stereocenters. The molecule has 3 aromatic rings. The minimum absolute atomic E-state index is 0.0698. The highest BCUT2D eigenvalue weighted by Gasteiger charge is 2.14. The van der Waals surface area contributed by atoms with Gasteiger partial charge in [-0.1, -0.05) is 48.5 Å². The third-order valence-corrected chi connectivity index (χ3v) is 5.30. The summed E-state index contributed by atoms with van der Waals surface area (Å²) in [5.41, 5.74) is 2.08. The Morgan fingerprint density at radius 3 is 2.10 bits per heavy atom. The molecule has 0 aliphatic heterocycles. The van der Waals surface area contributed by atoms with Crippen LogP contribution in [0.15, 0.2) is 102 Å². The van der Waals surface area contributed by atoms with E-state index in [1.54, 1.807) is 0 Å². The molecule has 156 valence electrons. The number of para-hydroxylation sites is 1. The van der Waals surface area contributed by atoms with Gasteiger partial charge in [-0.25, -0.2) is 13.6 Å². The summed E-state index contributed by atoms with van der Waals surface area (Å²) < 4.78 is 22.7. The molecule has 3 N–H and O–H groups in total. The van der Waals surface area contributed by atoms with E-state index >= 15 is 0 Å². The standard InChI is InChI=1S/C23H20N4O3S/c24-15-19(23(28)26-20-11-13-22(14-12-20)31(25,29)30)17-27(21-9-5-2-6-10-21)16-18-7-3-1-4-8-18/h1-14,17H,16H2,(H,26,28)(H2,25,29,30)/b19-17-. The van der Waals surface area contributed by atoms with E-state index in [1.165, 1.54) is 30.5 Å². The van der Waals surface area contributed by atoms with Crippen LogP contribution < -0.4 is 15.4 Å². The van der Waals surface area contributed by atoms with Crippen LogP contribution in [0.1, 0.15) is 5.56 Å². The van der Waals surface area contributed by atoms with Gasteiger partial charge in [-0.05, 0) is 42.0 Å². The monoisotopic (exact) mass is 432 g/mol. The number of nitrogens with two attached hydrogens (primary N) is 1. The first-order chi connectivity index (χ1) is 14.9. The van der Waals surface area contributed by atoms with Gasteiger partial charge in [-0.15, -0.1) is 0 Å². The molecule has 0 spiro atoms. The number of nitrogens with one attached hydrogen (secondary N) is 1. The summed E-state index contributed by atoms with van der Waals surface area (Å²) in [6, 6.07) is 26.4. The van der Waals surface area contributed by atoms with Gasteiger partial charge in [0.25, 0.3) is 5.91 Å². The molecule has 0 aliphatic rings. The number of rotatable bonds is 7. The van der Waals surface area contributed by atoms with Crippen molar-refractivity contribution in [3.63, 3.8) is 0 Å². The van der Waals surface area contributed by atoms with E-state index in [2.05, 4.69) is 5.32 Å². The fraction of sp³-hybridized carbons (Fsp3) is 0.0435. The van der Waals surface area contributed by atoms with Gasteiger partial charge in [0.05, 0.1) is 4.90 Å². The smallest absolute Gasteiger partial charge is 0.267 e. The molecule has 0 atom stereocenters. The lowest BCUT2D eigenvalue weighted by Crippen LogP contribution is -2.21. The fourth-order valence-corrected chi connectivity index (χ4v) is 3.35. The van der Waals surface area contributed by atoms with Crippen molar-refractivity contribution in [2.75, 3.05) is 10.2 Å². The molecule has 0 saturated heterocycles. The van der Waals surface area contributed by atoms with E-state index in [-0.39, 0.29) is 10.5 Å². The molecule has 3 aromatic carbocycles. The number of anilines is 2. The Kier molecular flexibility index (Phi) is 6.82. The highest BCUT2D eigenvalue weighted by atomic mass is 32.2. The van der Waals surface area contributed by atoms with E-state index in [1.807, 2.05) is 71.6 Å².